The summed E-state index contributed by atoms with van der Waals surface area (Å²) in [5.41, 5.74) is 1.69. The molecule has 41 heavy (non-hydrogen) atoms. The molecule has 1 aliphatic heterocycles. The SMILES string of the molecule is O=C1c2ccccc2C(=O)N1CCCCN(C(=O)c1ccc(S(=O)(=O)N(CCCl)CCCl)cc1)c1ccc(Cl)cc1. The molecular formula is C29H28Cl3N3O5S. The van der Waals surface area contributed by atoms with E-state index in [0.717, 1.165) is 0 Å². The van der Waals surface area contributed by atoms with Crippen LogP contribution in [0.4, 0.5) is 5.69 Å². The lowest BCUT2D eigenvalue weighted by atomic mass is 10.1. The number of anilines is 1. The zero-order valence-corrected chi connectivity index (χ0v) is 25.1. The first-order valence-corrected chi connectivity index (χ1v) is 15.8. The van der Waals surface area contributed by atoms with Crippen molar-refractivity contribution in [2.24, 2.45) is 0 Å². The molecule has 0 spiro atoms. The van der Waals surface area contributed by atoms with Gasteiger partial charge in [0.25, 0.3) is 17.7 Å². The lowest BCUT2D eigenvalue weighted by Crippen LogP contribution is -2.35. The largest absolute Gasteiger partial charge is 0.308 e. The van der Waals surface area contributed by atoms with Crippen LogP contribution in [0, 0.1) is 0 Å². The van der Waals surface area contributed by atoms with Gasteiger partial charge in [0.2, 0.25) is 10.0 Å². The first-order valence-electron chi connectivity index (χ1n) is 12.9. The van der Waals surface area contributed by atoms with E-state index in [2.05, 4.69) is 0 Å². The van der Waals surface area contributed by atoms with Crippen molar-refractivity contribution in [3.8, 4) is 0 Å². The highest BCUT2D eigenvalue weighted by Gasteiger charge is 2.34. The summed E-state index contributed by atoms with van der Waals surface area (Å²) in [6.07, 6.45) is 0.983. The number of carbonyl (C=O) groups is 3. The molecule has 0 radical (unpaired) electrons. The molecule has 3 aromatic carbocycles. The first-order chi connectivity index (χ1) is 19.7. The van der Waals surface area contributed by atoms with Crippen LogP contribution in [0.15, 0.2) is 77.7 Å². The van der Waals surface area contributed by atoms with Crippen molar-refractivity contribution < 1.29 is 22.8 Å². The molecule has 8 nitrogen and oxygen atoms in total. The Kier molecular flexibility index (Phi) is 10.4. The fourth-order valence-corrected chi connectivity index (χ4v) is 6.74. The predicted octanol–water partition coefficient (Wildman–Crippen LogP) is 5.53. The van der Waals surface area contributed by atoms with Crippen LogP contribution in [-0.4, -0.2) is 73.3 Å². The number of hydrogen-bond acceptors (Lipinski definition) is 5. The highest BCUT2D eigenvalue weighted by atomic mass is 35.5. The monoisotopic (exact) mass is 635 g/mol. The first kappa shape index (κ1) is 31.0. The minimum Gasteiger partial charge on any atom is -0.308 e. The van der Waals surface area contributed by atoms with E-state index in [-0.39, 0.29) is 54.0 Å². The van der Waals surface area contributed by atoms with Gasteiger partial charge in [0.1, 0.15) is 0 Å². The Morgan fingerprint density at radius 1 is 0.756 bits per heavy atom. The van der Waals surface area contributed by atoms with Crippen LogP contribution in [0.25, 0.3) is 0 Å². The number of benzene rings is 3. The van der Waals surface area contributed by atoms with Gasteiger partial charge in [0, 0.05) is 54.2 Å². The van der Waals surface area contributed by atoms with E-state index in [0.29, 0.717) is 46.8 Å². The fourth-order valence-electron chi connectivity index (χ4n) is 4.57. The average Bonchev–Trinajstić information content (AvgIpc) is 3.22. The maximum atomic E-state index is 13.6. The molecule has 3 aromatic rings. The number of carbonyl (C=O) groups excluding carboxylic acids is 3. The molecule has 0 N–H and O–H groups in total. The van der Waals surface area contributed by atoms with E-state index in [1.165, 1.54) is 33.5 Å². The van der Waals surface area contributed by atoms with Crippen molar-refractivity contribution in [2.45, 2.75) is 17.7 Å². The average molecular weight is 637 g/mol. The van der Waals surface area contributed by atoms with Gasteiger partial charge >= 0.3 is 0 Å². The fraction of sp³-hybridized carbons (Fsp3) is 0.276. The number of imide groups is 1. The van der Waals surface area contributed by atoms with E-state index >= 15 is 0 Å². The van der Waals surface area contributed by atoms with Crippen molar-refractivity contribution in [1.82, 2.24) is 9.21 Å². The van der Waals surface area contributed by atoms with E-state index in [9.17, 15) is 22.8 Å². The zero-order chi connectivity index (χ0) is 29.6. The Morgan fingerprint density at radius 2 is 1.32 bits per heavy atom. The summed E-state index contributed by atoms with van der Waals surface area (Å²) < 4.78 is 27.3. The van der Waals surface area contributed by atoms with Crippen LogP contribution in [0.3, 0.4) is 0 Å². The maximum absolute atomic E-state index is 13.6. The molecule has 4 rings (SSSR count). The summed E-state index contributed by atoms with van der Waals surface area (Å²) >= 11 is 17.6. The Morgan fingerprint density at radius 3 is 1.85 bits per heavy atom. The molecule has 0 unspecified atom stereocenters. The number of fused-ring (bicyclic) bond motifs is 1. The molecule has 1 heterocycles. The molecule has 3 amide bonds. The van der Waals surface area contributed by atoms with Crippen molar-refractivity contribution >= 4 is 68.2 Å². The van der Waals surface area contributed by atoms with Gasteiger partial charge in [-0.15, -0.1) is 23.2 Å². The van der Waals surface area contributed by atoms with Crippen LogP contribution in [0.2, 0.25) is 5.02 Å². The number of rotatable bonds is 13. The van der Waals surface area contributed by atoms with E-state index in [1.807, 2.05) is 0 Å². The molecule has 216 valence electrons. The predicted molar refractivity (Wildman–Crippen MR) is 161 cm³/mol. The second-order valence-corrected chi connectivity index (χ2v) is 12.4. The lowest BCUT2D eigenvalue weighted by Gasteiger charge is -2.24. The number of amides is 3. The number of nitrogens with zero attached hydrogens (tertiary/aromatic N) is 3. The summed E-state index contributed by atoms with van der Waals surface area (Å²) in [5, 5.41) is 0.514. The van der Waals surface area contributed by atoms with Crippen molar-refractivity contribution in [3.05, 3.63) is 94.5 Å². The van der Waals surface area contributed by atoms with Gasteiger partial charge in [-0.2, -0.15) is 4.31 Å². The lowest BCUT2D eigenvalue weighted by molar-refractivity contribution is 0.0651. The molecule has 1 aliphatic rings. The van der Waals surface area contributed by atoms with Gasteiger partial charge in [0.05, 0.1) is 16.0 Å². The molecular weight excluding hydrogens is 609 g/mol. The quantitative estimate of drug-likeness (QED) is 0.140. The normalized spacial score (nSPS) is 13.1. The van der Waals surface area contributed by atoms with Crippen molar-refractivity contribution in [2.75, 3.05) is 42.8 Å². The highest BCUT2D eigenvalue weighted by Crippen LogP contribution is 2.25. The third-order valence-corrected chi connectivity index (χ3v) is 9.18. The van der Waals surface area contributed by atoms with Gasteiger partial charge in [-0.3, -0.25) is 19.3 Å². The van der Waals surface area contributed by atoms with E-state index in [4.69, 9.17) is 34.8 Å². The van der Waals surface area contributed by atoms with Gasteiger partial charge < -0.3 is 4.90 Å². The summed E-state index contributed by atoms with van der Waals surface area (Å²) in [5.74, 6) is -0.731. The smallest absolute Gasteiger partial charge is 0.261 e. The minimum absolute atomic E-state index is 0.0308. The number of sulfonamides is 1. The molecule has 0 atom stereocenters. The van der Waals surface area contributed by atoms with Crippen LogP contribution in [-0.2, 0) is 10.0 Å². The number of alkyl halides is 2. The molecule has 12 heteroatoms. The standard InChI is InChI=1S/C29H28Cl3N3O5S/c30-15-19-33(20-16-31)41(39,40)24-13-7-21(8-14-24)27(36)34(23-11-9-22(32)10-12-23)17-3-4-18-35-28(37)25-5-1-2-6-26(25)29(35)38/h1-2,5-14H,3-4,15-20H2. The van der Waals surface area contributed by atoms with Crippen LogP contribution in [0.1, 0.15) is 43.9 Å². The second-order valence-electron chi connectivity index (χ2n) is 9.25. The van der Waals surface area contributed by atoms with Gasteiger partial charge in [-0.25, -0.2) is 8.42 Å². The van der Waals surface area contributed by atoms with Crippen LogP contribution >= 0.6 is 34.8 Å². The third-order valence-electron chi connectivity index (χ3n) is 6.68. The summed E-state index contributed by atoms with van der Waals surface area (Å²) in [7, 11) is -3.83. The molecule has 0 aromatic heterocycles. The Balaban J connectivity index is 1.47. The Bertz CT molecular complexity index is 1470. The Hall–Kier alpha value is -2.95. The molecule has 0 saturated carbocycles. The van der Waals surface area contributed by atoms with Crippen molar-refractivity contribution in [1.29, 1.82) is 0 Å². The topological polar surface area (TPSA) is 95.1 Å². The number of halogens is 3. The minimum atomic E-state index is -3.83. The number of unbranched alkanes of at least 4 members (excludes halogenated alkanes) is 1. The zero-order valence-electron chi connectivity index (χ0n) is 22.0. The molecule has 0 aliphatic carbocycles. The van der Waals surface area contributed by atoms with E-state index < -0.39 is 10.0 Å². The molecule has 0 saturated heterocycles. The van der Waals surface area contributed by atoms with Gasteiger partial charge in [-0.05, 0) is 73.5 Å². The van der Waals surface area contributed by atoms with Crippen LogP contribution < -0.4 is 4.90 Å². The van der Waals surface area contributed by atoms with Gasteiger partial charge in [0.15, 0.2) is 0 Å². The summed E-state index contributed by atoms with van der Waals surface area (Å²) in [4.78, 5) is 41.8. The number of hydrogen-bond donors (Lipinski definition) is 0. The maximum Gasteiger partial charge on any atom is 0.261 e. The summed E-state index contributed by atoms with van der Waals surface area (Å²) in [6, 6.07) is 19.2. The van der Waals surface area contributed by atoms with Gasteiger partial charge in [-0.1, -0.05) is 23.7 Å². The summed E-state index contributed by atoms with van der Waals surface area (Å²) in [6.45, 7) is 0.746. The van der Waals surface area contributed by atoms with Crippen LogP contribution in [0.5, 0.6) is 0 Å². The third kappa shape index (κ3) is 6.93. The Labute approximate surface area is 254 Å². The highest BCUT2D eigenvalue weighted by molar-refractivity contribution is 7.89. The second kappa shape index (κ2) is 13.8. The molecule has 0 fully saturated rings. The van der Waals surface area contributed by atoms with E-state index in [1.54, 1.807) is 53.4 Å². The van der Waals surface area contributed by atoms with Crippen molar-refractivity contribution in [3.63, 3.8) is 0 Å². The molecule has 0 bridgehead atoms.